The van der Waals surface area contributed by atoms with E-state index in [-0.39, 0.29) is 11.6 Å². The van der Waals surface area contributed by atoms with Crippen LogP contribution >= 0.6 is 11.5 Å². The van der Waals surface area contributed by atoms with Crippen LogP contribution in [0.1, 0.15) is 45.5 Å². The van der Waals surface area contributed by atoms with Gasteiger partial charge in [0.25, 0.3) is 5.56 Å². The van der Waals surface area contributed by atoms with Crippen molar-refractivity contribution in [3.05, 3.63) is 68.5 Å². The molecule has 160 valence electrons. The maximum absolute atomic E-state index is 14.0. The predicted molar refractivity (Wildman–Crippen MR) is 122 cm³/mol. The smallest absolute Gasteiger partial charge is 0.263 e. The van der Waals surface area contributed by atoms with Gasteiger partial charge in [0.05, 0.1) is 11.3 Å². The van der Waals surface area contributed by atoms with Crippen molar-refractivity contribution in [3.63, 3.8) is 0 Å². The summed E-state index contributed by atoms with van der Waals surface area (Å²) >= 11 is 1.29. The minimum absolute atomic E-state index is 0.110. The van der Waals surface area contributed by atoms with E-state index in [1.807, 2.05) is 12.1 Å². The van der Waals surface area contributed by atoms with Gasteiger partial charge in [0, 0.05) is 24.7 Å². The van der Waals surface area contributed by atoms with Crippen molar-refractivity contribution in [2.45, 2.75) is 45.6 Å². The van der Waals surface area contributed by atoms with Crippen LogP contribution in [0.5, 0.6) is 0 Å². The van der Waals surface area contributed by atoms with E-state index in [4.69, 9.17) is 0 Å². The Morgan fingerprint density at radius 2 is 2.00 bits per heavy atom. The van der Waals surface area contributed by atoms with Crippen LogP contribution < -0.4 is 10.5 Å². The second-order valence-electron chi connectivity index (χ2n) is 8.54. The Balaban J connectivity index is 1.68. The van der Waals surface area contributed by atoms with E-state index in [1.54, 1.807) is 13.0 Å². The lowest BCUT2D eigenvalue weighted by Crippen LogP contribution is -2.22. The van der Waals surface area contributed by atoms with Gasteiger partial charge in [-0.2, -0.15) is 0 Å². The summed E-state index contributed by atoms with van der Waals surface area (Å²) < 4.78 is 16.8. The van der Waals surface area contributed by atoms with E-state index in [9.17, 15) is 14.0 Å². The Labute approximate surface area is 184 Å². The molecule has 5 nitrogen and oxygen atoms in total. The molecule has 7 heteroatoms. The van der Waals surface area contributed by atoms with Crippen molar-refractivity contribution >= 4 is 28.5 Å². The van der Waals surface area contributed by atoms with Crippen molar-refractivity contribution < 1.29 is 9.18 Å². The number of alkyl halides is 1. The highest BCUT2D eigenvalue weighted by Gasteiger charge is 2.34. The molecule has 0 radical (unpaired) electrons. The molecule has 1 aromatic heterocycles. The molecule has 3 aromatic rings. The third-order valence-electron chi connectivity index (χ3n) is 6.21. The van der Waals surface area contributed by atoms with Gasteiger partial charge in [-0.05, 0) is 84.4 Å². The van der Waals surface area contributed by atoms with Crippen molar-refractivity contribution in [2.24, 2.45) is 0 Å². The second kappa shape index (κ2) is 7.73. The number of rotatable bonds is 6. The summed E-state index contributed by atoms with van der Waals surface area (Å²) in [6.07, 6.45) is 2.78. The highest BCUT2D eigenvalue weighted by atomic mass is 32.1. The van der Waals surface area contributed by atoms with Gasteiger partial charge in [0.1, 0.15) is 11.7 Å². The zero-order chi connectivity index (χ0) is 21.7. The summed E-state index contributed by atoms with van der Waals surface area (Å²) in [6, 6.07) is 10.1. The van der Waals surface area contributed by atoms with Gasteiger partial charge in [-0.1, -0.05) is 12.1 Å². The molecule has 0 bridgehead atoms. The third-order valence-corrected chi connectivity index (χ3v) is 7.20. The Hall–Kier alpha value is -2.77. The van der Waals surface area contributed by atoms with Crippen LogP contribution in [0.4, 0.5) is 15.1 Å². The number of hydrogen-bond donors (Lipinski definition) is 1. The number of anilines is 2. The molecule has 1 aliphatic carbocycles. The summed E-state index contributed by atoms with van der Waals surface area (Å²) in [5, 5.41) is 0.824. The van der Waals surface area contributed by atoms with Crippen molar-refractivity contribution in [2.75, 3.05) is 11.9 Å². The predicted octanol–water partition coefficient (Wildman–Crippen LogP) is 4.94. The van der Waals surface area contributed by atoms with E-state index in [1.165, 1.54) is 22.7 Å². The number of carbonyl (C=O) groups is 1. The first-order valence-electron chi connectivity index (χ1n) is 10.5. The standard InChI is InChI=1S/C24H24FN3O2S/c1-14-23(30)26-31-24(14)28(20-5-6-20)22-9-21(17(10-25)8-19(22)13-29)15-3-4-16-11-27(2)12-18(16)7-15/h3-4,7-9,13,20H,5-6,10-12H2,1-2H3,(H,26,30). The van der Waals surface area contributed by atoms with E-state index in [0.717, 1.165) is 54.0 Å². The molecule has 2 aliphatic rings. The van der Waals surface area contributed by atoms with Gasteiger partial charge in [0.15, 0.2) is 6.29 Å². The molecule has 1 saturated carbocycles. The number of benzene rings is 2. The maximum atomic E-state index is 14.0. The van der Waals surface area contributed by atoms with Crippen LogP contribution in [0.15, 0.2) is 35.1 Å². The fraction of sp³-hybridized carbons (Fsp3) is 0.333. The van der Waals surface area contributed by atoms with Gasteiger partial charge >= 0.3 is 0 Å². The van der Waals surface area contributed by atoms with Crippen LogP contribution in [-0.2, 0) is 19.8 Å². The average molecular weight is 438 g/mol. The lowest BCUT2D eigenvalue weighted by Gasteiger charge is -2.26. The van der Waals surface area contributed by atoms with E-state index >= 15 is 0 Å². The summed E-state index contributed by atoms with van der Waals surface area (Å²) in [6.45, 7) is 2.95. The fourth-order valence-corrected chi connectivity index (χ4v) is 5.38. The molecule has 0 saturated heterocycles. The normalized spacial score (nSPS) is 15.8. The maximum Gasteiger partial charge on any atom is 0.263 e. The summed E-state index contributed by atoms with van der Waals surface area (Å²) in [7, 11) is 2.09. The van der Waals surface area contributed by atoms with Crippen LogP contribution in [-0.4, -0.2) is 28.6 Å². The first kappa shape index (κ1) is 20.2. The molecule has 31 heavy (non-hydrogen) atoms. The number of carbonyl (C=O) groups excluding carboxylic acids is 1. The minimum atomic E-state index is -0.645. The van der Waals surface area contributed by atoms with Crippen molar-refractivity contribution in [1.82, 2.24) is 9.27 Å². The number of fused-ring (bicyclic) bond motifs is 1. The van der Waals surface area contributed by atoms with Gasteiger partial charge in [-0.25, -0.2) is 4.39 Å². The number of aromatic amines is 1. The minimum Gasteiger partial charge on any atom is -0.328 e. The van der Waals surface area contributed by atoms with Crippen molar-refractivity contribution in [3.8, 4) is 11.1 Å². The van der Waals surface area contributed by atoms with E-state index < -0.39 is 6.67 Å². The van der Waals surface area contributed by atoms with E-state index in [2.05, 4.69) is 33.4 Å². The topological polar surface area (TPSA) is 56.4 Å². The highest BCUT2D eigenvalue weighted by molar-refractivity contribution is 7.10. The molecule has 5 rings (SSSR count). The molecule has 1 fully saturated rings. The number of nitrogens with zero attached hydrogens (tertiary/aromatic N) is 2. The van der Waals surface area contributed by atoms with Gasteiger partial charge in [-0.3, -0.25) is 18.9 Å². The summed E-state index contributed by atoms with van der Waals surface area (Å²) in [5.74, 6) is 0. The van der Waals surface area contributed by atoms with Crippen LogP contribution in [0.25, 0.3) is 11.1 Å². The Morgan fingerprint density at radius 1 is 1.23 bits per heavy atom. The van der Waals surface area contributed by atoms with Gasteiger partial charge < -0.3 is 4.90 Å². The average Bonchev–Trinajstić information content (AvgIpc) is 3.46. The molecule has 1 aliphatic heterocycles. The molecule has 1 N–H and O–H groups in total. The first-order valence-corrected chi connectivity index (χ1v) is 11.3. The molecule has 0 spiro atoms. The van der Waals surface area contributed by atoms with Crippen molar-refractivity contribution in [1.29, 1.82) is 0 Å². The first-order chi connectivity index (χ1) is 15.0. The van der Waals surface area contributed by atoms with Gasteiger partial charge in [-0.15, -0.1) is 0 Å². The third kappa shape index (κ3) is 3.51. The second-order valence-corrected chi connectivity index (χ2v) is 9.33. The zero-order valence-corrected chi connectivity index (χ0v) is 18.4. The fourth-order valence-electron chi connectivity index (χ4n) is 4.45. The summed E-state index contributed by atoms with van der Waals surface area (Å²) in [5.41, 5.74) is 6.53. The SMILES string of the molecule is Cc1c(N(c2cc(-c3ccc4c(c3)CN(C)C4)c(CF)cc2C=O)C2CC2)s[nH]c1=O. The largest absolute Gasteiger partial charge is 0.328 e. The van der Waals surface area contributed by atoms with Crippen LogP contribution in [0.3, 0.4) is 0 Å². The Bertz CT molecular complexity index is 1230. The zero-order valence-electron chi connectivity index (χ0n) is 17.6. The van der Waals surface area contributed by atoms with Crippen LogP contribution in [0.2, 0.25) is 0 Å². The molecule has 0 unspecified atom stereocenters. The summed E-state index contributed by atoms with van der Waals surface area (Å²) in [4.78, 5) is 28.4. The molecular formula is C24H24FN3O2S. The Morgan fingerprint density at radius 3 is 2.65 bits per heavy atom. The van der Waals surface area contributed by atoms with Gasteiger partial charge in [0.2, 0.25) is 0 Å². The van der Waals surface area contributed by atoms with Crippen LogP contribution in [0, 0.1) is 6.92 Å². The Kier molecular flexibility index (Phi) is 5.02. The number of aromatic nitrogens is 1. The quantitative estimate of drug-likeness (QED) is 0.555. The molecule has 2 aromatic carbocycles. The number of halogens is 1. The monoisotopic (exact) mass is 437 g/mol. The lowest BCUT2D eigenvalue weighted by atomic mass is 9.94. The number of nitrogens with one attached hydrogen (secondary N) is 1. The number of hydrogen-bond acceptors (Lipinski definition) is 5. The molecule has 0 amide bonds. The number of H-pyrrole nitrogens is 1. The molecule has 2 heterocycles. The molecule has 0 atom stereocenters. The molecular weight excluding hydrogens is 413 g/mol. The lowest BCUT2D eigenvalue weighted by molar-refractivity contribution is 0.112. The highest BCUT2D eigenvalue weighted by Crippen LogP contribution is 2.44. The number of aldehydes is 1. The van der Waals surface area contributed by atoms with E-state index in [0.29, 0.717) is 16.7 Å².